The molecule has 4 heteroatoms. The standard InChI is InChI=1S/C24H32N4/c1-19(2)28-17-15-27(16-18-28)14-8-7-13-25-24-20-9-3-5-11-22(20)26-23-12-6-4-10-21(23)24/h3-6,9-12,19H,7-8,13-18H2,1-2H3,(H,25,26). The summed E-state index contributed by atoms with van der Waals surface area (Å²) in [5.74, 6) is 0. The minimum Gasteiger partial charge on any atom is -0.384 e. The van der Waals surface area contributed by atoms with Gasteiger partial charge in [-0.05, 0) is 45.4 Å². The smallest absolute Gasteiger partial charge is 0.0730 e. The summed E-state index contributed by atoms with van der Waals surface area (Å²) < 4.78 is 0. The van der Waals surface area contributed by atoms with Crippen molar-refractivity contribution in [2.24, 2.45) is 0 Å². The number of rotatable bonds is 7. The number of pyridine rings is 1. The van der Waals surface area contributed by atoms with E-state index in [2.05, 4.69) is 77.5 Å². The van der Waals surface area contributed by atoms with Gasteiger partial charge in [-0.2, -0.15) is 0 Å². The summed E-state index contributed by atoms with van der Waals surface area (Å²) in [6.45, 7) is 11.7. The van der Waals surface area contributed by atoms with Gasteiger partial charge < -0.3 is 10.2 Å². The molecule has 148 valence electrons. The predicted octanol–water partition coefficient (Wildman–Crippen LogP) is 4.61. The highest BCUT2D eigenvalue weighted by molar-refractivity contribution is 6.07. The molecule has 0 unspecified atom stereocenters. The summed E-state index contributed by atoms with van der Waals surface area (Å²) >= 11 is 0. The molecule has 0 saturated carbocycles. The number of aromatic nitrogens is 1. The van der Waals surface area contributed by atoms with Crippen LogP contribution in [0.4, 0.5) is 5.69 Å². The zero-order valence-electron chi connectivity index (χ0n) is 17.2. The molecule has 0 spiro atoms. The van der Waals surface area contributed by atoms with Crippen molar-refractivity contribution in [3.63, 3.8) is 0 Å². The SMILES string of the molecule is CC(C)N1CCN(CCCCNc2c3ccccc3nc3ccccc23)CC1. The van der Waals surface area contributed by atoms with Crippen molar-refractivity contribution >= 4 is 27.5 Å². The fourth-order valence-electron chi connectivity index (χ4n) is 4.21. The highest BCUT2D eigenvalue weighted by Gasteiger charge is 2.18. The number of hydrogen-bond donors (Lipinski definition) is 1. The van der Waals surface area contributed by atoms with Crippen LogP contribution in [-0.4, -0.2) is 60.1 Å². The van der Waals surface area contributed by atoms with E-state index in [1.54, 1.807) is 0 Å². The van der Waals surface area contributed by atoms with Crippen molar-refractivity contribution < 1.29 is 0 Å². The maximum absolute atomic E-state index is 4.81. The van der Waals surface area contributed by atoms with Crippen LogP contribution in [0, 0.1) is 0 Å². The normalized spacial score (nSPS) is 16.2. The van der Waals surface area contributed by atoms with Gasteiger partial charge in [-0.1, -0.05) is 36.4 Å². The van der Waals surface area contributed by atoms with Crippen LogP contribution >= 0.6 is 0 Å². The summed E-state index contributed by atoms with van der Waals surface area (Å²) in [6, 6.07) is 17.5. The molecule has 1 N–H and O–H groups in total. The number of benzene rings is 2. The second kappa shape index (κ2) is 8.89. The Morgan fingerprint density at radius 2 is 1.46 bits per heavy atom. The lowest BCUT2D eigenvalue weighted by Crippen LogP contribution is -2.48. The average Bonchev–Trinajstić information content (AvgIpc) is 2.73. The summed E-state index contributed by atoms with van der Waals surface area (Å²) in [5, 5.41) is 6.15. The predicted molar refractivity (Wildman–Crippen MR) is 120 cm³/mol. The zero-order valence-corrected chi connectivity index (χ0v) is 17.2. The Morgan fingerprint density at radius 3 is 2.07 bits per heavy atom. The molecule has 0 aliphatic carbocycles. The number of piperazine rings is 1. The topological polar surface area (TPSA) is 31.4 Å². The highest BCUT2D eigenvalue weighted by atomic mass is 15.3. The van der Waals surface area contributed by atoms with E-state index < -0.39 is 0 Å². The van der Waals surface area contributed by atoms with Crippen molar-refractivity contribution in [3.8, 4) is 0 Å². The first-order valence-electron chi connectivity index (χ1n) is 10.7. The van der Waals surface area contributed by atoms with Gasteiger partial charge in [0.15, 0.2) is 0 Å². The van der Waals surface area contributed by atoms with E-state index in [1.165, 1.54) is 62.0 Å². The summed E-state index contributed by atoms with van der Waals surface area (Å²) in [5.41, 5.74) is 3.35. The first-order valence-corrected chi connectivity index (χ1v) is 10.7. The lowest BCUT2D eigenvalue weighted by molar-refractivity contribution is 0.107. The van der Waals surface area contributed by atoms with Gasteiger partial charge in [-0.15, -0.1) is 0 Å². The van der Waals surface area contributed by atoms with Crippen LogP contribution in [0.3, 0.4) is 0 Å². The van der Waals surface area contributed by atoms with Gasteiger partial charge in [-0.25, -0.2) is 4.98 Å². The number of para-hydroxylation sites is 2. The van der Waals surface area contributed by atoms with E-state index in [0.717, 1.165) is 17.6 Å². The van der Waals surface area contributed by atoms with Gasteiger partial charge in [0, 0.05) is 49.5 Å². The molecule has 3 aromatic rings. The van der Waals surface area contributed by atoms with Crippen molar-refractivity contribution in [1.82, 2.24) is 14.8 Å². The molecular formula is C24H32N4. The lowest BCUT2D eigenvalue weighted by atomic mass is 10.1. The third kappa shape index (κ3) is 4.29. The van der Waals surface area contributed by atoms with Crippen LogP contribution in [0.1, 0.15) is 26.7 Å². The first-order chi connectivity index (χ1) is 13.7. The fraction of sp³-hybridized carbons (Fsp3) is 0.458. The quantitative estimate of drug-likeness (QED) is 0.482. The number of anilines is 1. The molecule has 1 saturated heterocycles. The van der Waals surface area contributed by atoms with E-state index in [9.17, 15) is 0 Å². The van der Waals surface area contributed by atoms with E-state index >= 15 is 0 Å². The van der Waals surface area contributed by atoms with Crippen LogP contribution in [-0.2, 0) is 0 Å². The van der Waals surface area contributed by atoms with Crippen molar-refractivity contribution in [2.75, 3.05) is 44.6 Å². The molecule has 28 heavy (non-hydrogen) atoms. The van der Waals surface area contributed by atoms with Crippen LogP contribution < -0.4 is 5.32 Å². The molecular weight excluding hydrogens is 344 g/mol. The lowest BCUT2D eigenvalue weighted by Gasteiger charge is -2.36. The minimum absolute atomic E-state index is 0.677. The van der Waals surface area contributed by atoms with Crippen molar-refractivity contribution in [3.05, 3.63) is 48.5 Å². The number of nitrogens with zero attached hydrogens (tertiary/aromatic N) is 3. The van der Waals surface area contributed by atoms with Gasteiger partial charge in [0.1, 0.15) is 0 Å². The van der Waals surface area contributed by atoms with Crippen LogP contribution in [0.25, 0.3) is 21.8 Å². The monoisotopic (exact) mass is 376 g/mol. The number of nitrogens with one attached hydrogen (secondary N) is 1. The Labute approximate surface area is 168 Å². The molecule has 2 aromatic carbocycles. The summed E-state index contributed by atoms with van der Waals surface area (Å²) in [4.78, 5) is 10.0. The number of hydrogen-bond acceptors (Lipinski definition) is 4. The van der Waals surface area contributed by atoms with Gasteiger partial charge >= 0.3 is 0 Å². The molecule has 0 amide bonds. The molecule has 0 radical (unpaired) electrons. The fourth-order valence-corrected chi connectivity index (χ4v) is 4.21. The van der Waals surface area contributed by atoms with Crippen molar-refractivity contribution in [1.29, 1.82) is 0 Å². The largest absolute Gasteiger partial charge is 0.384 e. The van der Waals surface area contributed by atoms with Gasteiger partial charge in [0.2, 0.25) is 0 Å². The third-order valence-electron chi connectivity index (χ3n) is 5.93. The van der Waals surface area contributed by atoms with E-state index in [0.29, 0.717) is 6.04 Å². The number of fused-ring (bicyclic) bond motifs is 2. The van der Waals surface area contributed by atoms with Gasteiger partial charge in [0.25, 0.3) is 0 Å². The van der Waals surface area contributed by atoms with E-state index in [-0.39, 0.29) is 0 Å². The van der Waals surface area contributed by atoms with Crippen LogP contribution in [0.15, 0.2) is 48.5 Å². The molecule has 1 aromatic heterocycles. The summed E-state index contributed by atoms with van der Waals surface area (Å²) in [6.07, 6.45) is 2.44. The molecule has 2 heterocycles. The Hall–Kier alpha value is -2.17. The Morgan fingerprint density at radius 1 is 0.857 bits per heavy atom. The first kappa shape index (κ1) is 19.2. The zero-order chi connectivity index (χ0) is 19.3. The van der Waals surface area contributed by atoms with Gasteiger partial charge in [-0.3, -0.25) is 4.90 Å². The van der Waals surface area contributed by atoms with Crippen LogP contribution in [0.2, 0.25) is 0 Å². The molecule has 1 aliphatic rings. The van der Waals surface area contributed by atoms with Crippen molar-refractivity contribution in [2.45, 2.75) is 32.7 Å². The molecule has 4 rings (SSSR count). The second-order valence-corrected chi connectivity index (χ2v) is 8.13. The highest BCUT2D eigenvalue weighted by Crippen LogP contribution is 2.30. The molecule has 0 atom stereocenters. The molecule has 1 fully saturated rings. The Bertz CT molecular complexity index is 859. The maximum atomic E-state index is 4.81. The second-order valence-electron chi connectivity index (χ2n) is 8.13. The molecule has 1 aliphatic heterocycles. The van der Waals surface area contributed by atoms with Crippen LogP contribution in [0.5, 0.6) is 0 Å². The van der Waals surface area contributed by atoms with E-state index in [4.69, 9.17) is 4.98 Å². The molecule has 0 bridgehead atoms. The Balaban J connectivity index is 1.33. The average molecular weight is 377 g/mol. The third-order valence-corrected chi connectivity index (χ3v) is 5.93. The number of unbranched alkanes of at least 4 members (excludes halogenated alkanes) is 1. The Kier molecular flexibility index (Phi) is 6.08. The maximum Gasteiger partial charge on any atom is 0.0730 e. The van der Waals surface area contributed by atoms with E-state index in [1.807, 2.05) is 0 Å². The van der Waals surface area contributed by atoms with Gasteiger partial charge in [0.05, 0.1) is 16.7 Å². The minimum atomic E-state index is 0.677. The molecule has 4 nitrogen and oxygen atoms in total. The summed E-state index contributed by atoms with van der Waals surface area (Å²) in [7, 11) is 0.